The number of benzene rings is 2. The maximum Gasteiger partial charge on any atom is 0.438 e. The number of alkyl halides is 3. The van der Waals surface area contributed by atoms with Gasteiger partial charge in [0, 0.05) is 36.1 Å². The quantitative estimate of drug-likeness (QED) is 0.312. The zero-order valence-electron chi connectivity index (χ0n) is 25.6. The van der Waals surface area contributed by atoms with Gasteiger partial charge in [-0.2, -0.15) is 27.6 Å². The third kappa shape index (κ3) is 6.03. The number of pyridine rings is 1. The SMILES string of the molecule is Cc1nc(-c2cc(C3CN(S(=O)(=O)c4cccc(C(=O)N5N=C(c6ccccc6)CC5(O)C(F)(F)F)c4)CCO3)ccn2)[nH]c(=O)c1C. The summed E-state index contributed by atoms with van der Waals surface area (Å²) in [5.41, 5.74) is -2.34. The molecule has 2 unspecified atom stereocenters. The molecule has 0 spiro atoms. The Bertz CT molecular complexity index is 2090. The van der Waals surface area contributed by atoms with Crippen molar-refractivity contribution in [3.8, 4) is 11.5 Å². The molecule has 0 radical (unpaired) electrons. The summed E-state index contributed by atoms with van der Waals surface area (Å²) in [5.74, 6) is -1.10. The van der Waals surface area contributed by atoms with Crippen LogP contribution in [-0.2, 0) is 14.8 Å². The zero-order valence-corrected chi connectivity index (χ0v) is 26.4. The number of aromatic amines is 1. The monoisotopic (exact) mass is 682 g/mol. The number of morpholine rings is 1. The summed E-state index contributed by atoms with van der Waals surface area (Å²) >= 11 is 0. The Kier molecular flexibility index (Phi) is 8.53. The van der Waals surface area contributed by atoms with Crippen molar-refractivity contribution < 1.29 is 36.2 Å². The molecule has 16 heteroatoms. The minimum absolute atomic E-state index is 0.0161. The van der Waals surface area contributed by atoms with Crippen molar-refractivity contribution in [1.82, 2.24) is 24.3 Å². The number of sulfonamides is 1. The van der Waals surface area contributed by atoms with Crippen LogP contribution in [0.4, 0.5) is 13.2 Å². The van der Waals surface area contributed by atoms with Crippen LogP contribution in [0.3, 0.4) is 0 Å². The molecular formula is C32H29F3N6O6S. The molecular weight excluding hydrogens is 653 g/mol. The van der Waals surface area contributed by atoms with Crippen molar-refractivity contribution in [2.75, 3.05) is 19.7 Å². The summed E-state index contributed by atoms with van der Waals surface area (Å²) in [6.45, 7) is 3.19. The number of nitrogens with zero attached hydrogens (tertiary/aromatic N) is 5. The van der Waals surface area contributed by atoms with Crippen LogP contribution >= 0.6 is 0 Å². The number of H-pyrrole nitrogens is 1. The largest absolute Gasteiger partial charge is 0.438 e. The lowest BCUT2D eigenvalue weighted by Gasteiger charge is -2.33. The number of amides is 1. The molecule has 4 heterocycles. The minimum Gasteiger partial charge on any atom is -0.371 e. The van der Waals surface area contributed by atoms with Crippen LogP contribution in [0.15, 0.2) is 87.7 Å². The first-order valence-electron chi connectivity index (χ1n) is 14.7. The van der Waals surface area contributed by atoms with E-state index in [-0.39, 0.29) is 52.3 Å². The van der Waals surface area contributed by atoms with Crippen molar-refractivity contribution in [3.05, 3.63) is 111 Å². The summed E-state index contributed by atoms with van der Waals surface area (Å²) in [5, 5.41) is 14.6. The highest BCUT2D eigenvalue weighted by Crippen LogP contribution is 2.42. The highest BCUT2D eigenvalue weighted by molar-refractivity contribution is 7.89. The lowest BCUT2D eigenvalue weighted by Crippen LogP contribution is -2.56. The molecule has 2 aromatic carbocycles. The Hall–Kier alpha value is -4.77. The van der Waals surface area contributed by atoms with Crippen LogP contribution in [0, 0.1) is 13.8 Å². The van der Waals surface area contributed by atoms with Crippen molar-refractivity contribution in [2.45, 2.75) is 43.2 Å². The summed E-state index contributed by atoms with van der Waals surface area (Å²) in [7, 11) is -4.29. The molecule has 1 amide bonds. The number of nitrogens with one attached hydrogen (secondary N) is 1. The lowest BCUT2D eigenvalue weighted by molar-refractivity contribution is -0.297. The Morgan fingerprint density at radius 3 is 2.54 bits per heavy atom. The second kappa shape index (κ2) is 12.4. The van der Waals surface area contributed by atoms with E-state index >= 15 is 0 Å². The average molecular weight is 683 g/mol. The number of rotatable bonds is 6. The highest BCUT2D eigenvalue weighted by Gasteiger charge is 2.63. The second-order valence-corrected chi connectivity index (χ2v) is 13.3. The minimum atomic E-state index is -5.27. The molecule has 2 aliphatic heterocycles. The van der Waals surface area contributed by atoms with E-state index in [1.165, 1.54) is 30.5 Å². The molecule has 2 aliphatic rings. The molecule has 2 N–H and O–H groups in total. The third-order valence-electron chi connectivity index (χ3n) is 8.28. The molecule has 0 aliphatic carbocycles. The van der Waals surface area contributed by atoms with Crippen LogP contribution in [0.2, 0.25) is 0 Å². The maximum absolute atomic E-state index is 14.2. The van der Waals surface area contributed by atoms with E-state index in [0.29, 0.717) is 22.5 Å². The van der Waals surface area contributed by atoms with Crippen LogP contribution in [-0.4, -0.2) is 81.0 Å². The first-order chi connectivity index (χ1) is 22.7. The number of halogens is 3. The number of hydrogen-bond donors (Lipinski definition) is 2. The fourth-order valence-corrected chi connectivity index (χ4v) is 6.89. The normalized spacial score (nSPS) is 20.5. The second-order valence-electron chi connectivity index (χ2n) is 11.4. The fourth-order valence-electron chi connectivity index (χ4n) is 5.42. The van der Waals surface area contributed by atoms with Crippen LogP contribution < -0.4 is 5.56 Å². The summed E-state index contributed by atoms with van der Waals surface area (Å²) < 4.78 is 77.1. The van der Waals surface area contributed by atoms with Gasteiger partial charge in [0.15, 0.2) is 5.82 Å². The number of carbonyl (C=O) groups is 1. The first kappa shape index (κ1) is 33.1. The van der Waals surface area contributed by atoms with Gasteiger partial charge in [-0.1, -0.05) is 36.4 Å². The van der Waals surface area contributed by atoms with E-state index in [1.54, 1.807) is 44.2 Å². The van der Waals surface area contributed by atoms with Crippen LogP contribution in [0.1, 0.15) is 45.3 Å². The molecule has 250 valence electrons. The molecule has 6 rings (SSSR count). The third-order valence-corrected chi connectivity index (χ3v) is 10.1. The molecule has 2 aromatic heterocycles. The van der Waals surface area contributed by atoms with Gasteiger partial charge in [0.2, 0.25) is 10.0 Å². The van der Waals surface area contributed by atoms with Crippen molar-refractivity contribution in [1.29, 1.82) is 0 Å². The Morgan fingerprint density at radius 2 is 1.83 bits per heavy atom. The average Bonchev–Trinajstić information content (AvgIpc) is 3.46. The number of hydrazone groups is 1. The van der Waals surface area contributed by atoms with Gasteiger partial charge < -0.3 is 14.8 Å². The van der Waals surface area contributed by atoms with E-state index in [1.807, 2.05) is 0 Å². The van der Waals surface area contributed by atoms with Gasteiger partial charge in [-0.25, -0.2) is 13.4 Å². The molecule has 4 aromatic rings. The van der Waals surface area contributed by atoms with Crippen molar-refractivity contribution in [3.63, 3.8) is 0 Å². The fraction of sp³-hybridized carbons (Fsp3) is 0.281. The Morgan fingerprint density at radius 1 is 1.08 bits per heavy atom. The summed E-state index contributed by atoms with van der Waals surface area (Å²) in [4.78, 5) is 36.8. The number of aromatic nitrogens is 3. The Balaban J connectivity index is 1.26. The number of aliphatic hydroxyl groups is 1. The van der Waals surface area contributed by atoms with Gasteiger partial charge in [-0.15, -0.1) is 0 Å². The Labute approximate surface area is 272 Å². The molecule has 48 heavy (non-hydrogen) atoms. The van der Waals surface area contributed by atoms with Crippen molar-refractivity contribution >= 4 is 21.6 Å². The number of carbonyl (C=O) groups excluding carboxylic acids is 1. The molecule has 0 saturated carbocycles. The topological polar surface area (TPSA) is 158 Å². The predicted molar refractivity (Wildman–Crippen MR) is 166 cm³/mol. The standard InChI is InChI=1S/C32H29F3N6O6S/c1-19-20(2)37-28(38-29(19)42)25-16-22(11-12-36-25)27-18-40(13-14-47-27)48(45,46)24-10-6-9-23(15-24)30(43)41-31(44,32(33,34)35)17-26(39-41)21-7-4-3-5-8-21/h3-12,15-16,27,44H,13-14,17-18H2,1-2H3,(H,37,38,42). The van der Waals surface area contributed by atoms with Gasteiger partial charge in [-0.05, 0) is 55.3 Å². The summed E-state index contributed by atoms with van der Waals surface area (Å²) in [6.07, 6.45) is -5.54. The van der Waals surface area contributed by atoms with E-state index in [0.717, 1.165) is 16.4 Å². The zero-order chi connectivity index (χ0) is 34.4. The van der Waals surface area contributed by atoms with Gasteiger partial charge >= 0.3 is 6.18 Å². The first-order valence-corrected chi connectivity index (χ1v) is 16.2. The molecule has 12 nitrogen and oxygen atoms in total. The van der Waals surface area contributed by atoms with E-state index in [2.05, 4.69) is 20.1 Å². The van der Waals surface area contributed by atoms with E-state index in [4.69, 9.17) is 4.74 Å². The number of aryl methyl sites for hydroxylation is 1. The molecule has 2 atom stereocenters. The van der Waals surface area contributed by atoms with Gasteiger partial charge in [-0.3, -0.25) is 14.6 Å². The van der Waals surface area contributed by atoms with Crippen LogP contribution in [0.25, 0.3) is 11.5 Å². The smallest absolute Gasteiger partial charge is 0.371 e. The lowest BCUT2D eigenvalue weighted by atomic mass is 10.0. The predicted octanol–water partition coefficient (Wildman–Crippen LogP) is 3.71. The van der Waals surface area contributed by atoms with E-state index in [9.17, 15) is 36.3 Å². The van der Waals surface area contributed by atoms with Gasteiger partial charge in [0.1, 0.15) is 5.69 Å². The molecule has 0 bridgehead atoms. The number of hydrogen-bond acceptors (Lipinski definition) is 9. The number of ether oxygens (including phenoxy) is 1. The highest BCUT2D eigenvalue weighted by atomic mass is 32.2. The van der Waals surface area contributed by atoms with E-state index < -0.39 is 45.9 Å². The van der Waals surface area contributed by atoms with Gasteiger partial charge in [0.25, 0.3) is 17.2 Å². The summed E-state index contributed by atoms with van der Waals surface area (Å²) in [6, 6.07) is 15.7. The molecule has 1 saturated heterocycles. The maximum atomic E-state index is 14.2. The van der Waals surface area contributed by atoms with Gasteiger partial charge in [0.05, 0.1) is 29.7 Å². The van der Waals surface area contributed by atoms with Crippen molar-refractivity contribution in [2.24, 2.45) is 5.10 Å². The molecule has 1 fully saturated rings. The van der Waals surface area contributed by atoms with Crippen LogP contribution in [0.5, 0.6) is 0 Å².